The Hall–Kier alpha value is -2.51. The number of imide groups is 1. The molecule has 8 heteroatoms. The molecule has 0 unspecified atom stereocenters. The largest absolute Gasteiger partial charge is 0.463 e. The van der Waals surface area contributed by atoms with Gasteiger partial charge in [-0.3, -0.25) is 14.5 Å². The van der Waals surface area contributed by atoms with Crippen LogP contribution in [0.1, 0.15) is 21.9 Å². The molecule has 1 saturated heterocycles. The number of nitrogens with zero attached hydrogens (tertiary/aromatic N) is 1. The summed E-state index contributed by atoms with van der Waals surface area (Å²) in [7, 11) is 1.24. The number of halogens is 1. The summed E-state index contributed by atoms with van der Waals surface area (Å²) in [5.41, 5.74) is 0.653. The van der Waals surface area contributed by atoms with Gasteiger partial charge in [0.15, 0.2) is 0 Å². The van der Waals surface area contributed by atoms with E-state index in [0.29, 0.717) is 16.3 Å². The van der Waals surface area contributed by atoms with Crippen molar-refractivity contribution in [1.29, 1.82) is 0 Å². The predicted octanol–water partition coefficient (Wildman–Crippen LogP) is 3.96. The fourth-order valence-electron chi connectivity index (χ4n) is 2.20. The molecule has 0 N–H and O–H groups in total. The minimum absolute atomic E-state index is 0.0103. The maximum Gasteiger partial charge on any atom is 0.373 e. The summed E-state index contributed by atoms with van der Waals surface area (Å²) >= 11 is 6.91. The highest BCUT2D eigenvalue weighted by atomic mass is 35.5. The third-order valence-electron chi connectivity index (χ3n) is 3.43. The van der Waals surface area contributed by atoms with Crippen molar-refractivity contribution in [2.45, 2.75) is 6.54 Å². The summed E-state index contributed by atoms with van der Waals surface area (Å²) in [5.74, 6) is -0.747. The maximum atomic E-state index is 12.5. The van der Waals surface area contributed by atoms with E-state index in [1.807, 2.05) is 0 Å². The van der Waals surface area contributed by atoms with Crippen molar-refractivity contribution in [3.05, 3.63) is 63.4 Å². The van der Waals surface area contributed by atoms with Crippen molar-refractivity contribution >= 4 is 46.6 Å². The van der Waals surface area contributed by atoms with Gasteiger partial charge in [0.05, 0.1) is 18.6 Å². The molecule has 25 heavy (non-hydrogen) atoms. The van der Waals surface area contributed by atoms with Gasteiger partial charge >= 0.3 is 5.97 Å². The summed E-state index contributed by atoms with van der Waals surface area (Å²) in [6, 6.07) is 9.98. The van der Waals surface area contributed by atoms with Gasteiger partial charge in [0.1, 0.15) is 5.76 Å². The lowest BCUT2D eigenvalue weighted by Crippen LogP contribution is -2.27. The minimum atomic E-state index is -0.626. The third kappa shape index (κ3) is 3.62. The van der Waals surface area contributed by atoms with E-state index in [1.165, 1.54) is 19.2 Å². The highest BCUT2D eigenvalue weighted by Gasteiger charge is 2.35. The standard InChI is InChI=1S/C17H12ClNO5S/c1-23-16(21)13-7-6-11(24-13)9-19-15(20)14(25-17(19)22)8-10-4-2-3-5-12(10)18/h2-8H,9H2,1H3. The number of methoxy groups -OCH3 is 1. The number of carbonyl (C=O) groups is 3. The van der Waals surface area contributed by atoms with Crippen molar-refractivity contribution in [1.82, 2.24) is 4.90 Å². The van der Waals surface area contributed by atoms with E-state index in [9.17, 15) is 14.4 Å². The summed E-state index contributed by atoms with van der Waals surface area (Å²) in [5, 5.41) is 0.0716. The van der Waals surface area contributed by atoms with Gasteiger partial charge in [-0.15, -0.1) is 0 Å². The van der Waals surface area contributed by atoms with Crippen molar-refractivity contribution in [3.63, 3.8) is 0 Å². The molecule has 3 rings (SSSR count). The van der Waals surface area contributed by atoms with Crippen LogP contribution in [0.4, 0.5) is 4.79 Å². The zero-order chi connectivity index (χ0) is 18.0. The summed E-state index contributed by atoms with van der Waals surface area (Å²) < 4.78 is 9.85. The van der Waals surface area contributed by atoms with Gasteiger partial charge in [0.25, 0.3) is 11.1 Å². The van der Waals surface area contributed by atoms with E-state index in [-0.39, 0.29) is 17.2 Å². The molecule has 1 fully saturated rings. The van der Waals surface area contributed by atoms with Crippen LogP contribution in [0.25, 0.3) is 6.08 Å². The quantitative estimate of drug-likeness (QED) is 0.593. The number of ether oxygens (including phenoxy) is 1. The number of carbonyl (C=O) groups excluding carboxylic acids is 3. The number of furan rings is 1. The molecule has 0 saturated carbocycles. The molecule has 2 amide bonds. The summed E-state index contributed by atoms with van der Waals surface area (Å²) in [6.45, 7) is -0.0679. The van der Waals surface area contributed by atoms with E-state index in [1.54, 1.807) is 30.3 Å². The fraction of sp³-hybridized carbons (Fsp3) is 0.118. The summed E-state index contributed by atoms with van der Waals surface area (Å²) in [6.07, 6.45) is 1.58. The van der Waals surface area contributed by atoms with Crippen molar-refractivity contribution in [3.8, 4) is 0 Å². The van der Waals surface area contributed by atoms with Crippen LogP contribution < -0.4 is 0 Å². The number of hydrogen-bond donors (Lipinski definition) is 0. The molecule has 0 aliphatic carbocycles. The topological polar surface area (TPSA) is 76.8 Å². The first-order chi connectivity index (χ1) is 12.0. The lowest BCUT2D eigenvalue weighted by atomic mass is 10.2. The van der Waals surface area contributed by atoms with Gasteiger partial charge in [-0.2, -0.15) is 0 Å². The van der Waals surface area contributed by atoms with Gasteiger partial charge in [0, 0.05) is 5.02 Å². The molecule has 1 aromatic heterocycles. The molecular formula is C17H12ClNO5S. The van der Waals surface area contributed by atoms with Crippen LogP contribution in [-0.4, -0.2) is 29.1 Å². The Morgan fingerprint density at radius 2 is 2.04 bits per heavy atom. The monoisotopic (exact) mass is 377 g/mol. The van der Waals surface area contributed by atoms with Crippen LogP contribution in [0, 0.1) is 0 Å². The van der Waals surface area contributed by atoms with E-state index < -0.39 is 17.1 Å². The highest BCUT2D eigenvalue weighted by Crippen LogP contribution is 2.34. The molecule has 2 aromatic rings. The predicted molar refractivity (Wildman–Crippen MR) is 93.0 cm³/mol. The molecule has 1 aromatic carbocycles. The lowest BCUT2D eigenvalue weighted by molar-refractivity contribution is -0.123. The molecule has 0 bridgehead atoms. The van der Waals surface area contributed by atoms with Gasteiger partial charge < -0.3 is 9.15 Å². The zero-order valence-corrected chi connectivity index (χ0v) is 14.6. The Balaban J connectivity index is 1.79. The smallest absolute Gasteiger partial charge is 0.373 e. The Kier molecular flexibility index (Phi) is 4.96. The second-order valence-electron chi connectivity index (χ2n) is 5.05. The second kappa shape index (κ2) is 7.16. The van der Waals surface area contributed by atoms with Gasteiger partial charge in [-0.25, -0.2) is 4.79 Å². The molecule has 0 atom stereocenters. The van der Waals surface area contributed by atoms with E-state index in [2.05, 4.69) is 4.74 Å². The lowest BCUT2D eigenvalue weighted by Gasteiger charge is -2.09. The molecule has 0 radical (unpaired) electrons. The number of rotatable bonds is 4. The first-order valence-corrected chi connectivity index (χ1v) is 8.36. The van der Waals surface area contributed by atoms with Crippen LogP contribution in [0.2, 0.25) is 5.02 Å². The van der Waals surface area contributed by atoms with Gasteiger partial charge in [-0.05, 0) is 41.6 Å². The number of hydrogen-bond acceptors (Lipinski definition) is 6. The maximum absolute atomic E-state index is 12.5. The Bertz CT molecular complexity index is 889. The molecule has 128 valence electrons. The minimum Gasteiger partial charge on any atom is -0.463 e. The molecule has 2 heterocycles. The average Bonchev–Trinajstić information content (AvgIpc) is 3.17. The molecular weight excluding hydrogens is 366 g/mol. The molecule has 1 aliphatic heterocycles. The normalized spacial score (nSPS) is 15.9. The molecule has 6 nitrogen and oxygen atoms in total. The van der Waals surface area contributed by atoms with Crippen molar-refractivity contribution < 1.29 is 23.5 Å². The van der Waals surface area contributed by atoms with Crippen molar-refractivity contribution in [2.24, 2.45) is 0 Å². The van der Waals surface area contributed by atoms with Crippen LogP contribution in [-0.2, 0) is 16.1 Å². The summed E-state index contributed by atoms with van der Waals surface area (Å²) in [4.78, 5) is 37.3. The van der Waals surface area contributed by atoms with Crippen LogP contribution in [0.5, 0.6) is 0 Å². The molecule has 1 aliphatic rings. The van der Waals surface area contributed by atoms with Gasteiger partial charge in [0.2, 0.25) is 5.76 Å². The first kappa shape index (κ1) is 17.3. The van der Waals surface area contributed by atoms with Crippen LogP contribution in [0.15, 0.2) is 45.7 Å². The van der Waals surface area contributed by atoms with E-state index in [0.717, 1.165) is 16.7 Å². The number of benzene rings is 1. The van der Waals surface area contributed by atoms with Gasteiger partial charge in [-0.1, -0.05) is 29.8 Å². The number of esters is 1. The second-order valence-corrected chi connectivity index (χ2v) is 6.45. The molecule has 0 spiro atoms. The van der Waals surface area contributed by atoms with E-state index in [4.69, 9.17) is 16.0 Å². The Morgan fingerprint density at radius 3 is 2.76 bits per heavy atom. The fourth-order valence-corrected chi connectivity index (χ4v) is 3.22. The zero-order valence-electron chi connectivity index (χ0n) is 13.0. The third-order valence-corrected chi connectivity index (χ3v) is 4.68. The van der Waals surface area contributed by atoms with Crippen LogP contribution in [0.3, 0.4) is 0 Å². The highest BCUT2D eigenvalue weighted by molar-refractivity contribution is 8.18. The number of thioether (sulfide) groups is 1. The SMILES string of the molecule is COC(=O)c1ccc(CN2C(=O)SC(=Cc3ccccc3Cl)C2=O)o1. The van der Waals surface area contributed by atoms with Crippen molar-refractivity contribution in [2.75, 3.05) is 7.11 Å². The Morgan fingerprint density at radius 1 is 1.28 bits per heavy atom. The average molecular weight is 378 g/mol. The van der Waals surface area contributed by atoms with Crippen LogP contribution >= 0.6 is 23.4 Å². The number of amides is 2. The Labute approximate surface area is 152 Å². The first-order valence-electron chi connectivity index (χ1n) is 7.16. The van der Waals surface area contributed by atoms with E-state index >= 15 is 0 Å².